The number of rotatable bonds is 3. The summed E-state index contributed by atoms with van der Waals surface area (Å²) >= 11 is 0. The molecule has 4 nitrogen and oxygen atoms in total. The molecule has 0 unspecified atom stereocenters. The number of carbonyl (C=O) groups is 1. The van der Waals surface area contributed by atoms with E-state index in [-0.39, 0.29) is 11.7 Å². The summed E-state index contributed by atoms with van der Waals surface area (Å²) in [5, 5.41) is 6.29. The van der Waals surface area contributed by atoms with Crippen LogP contribution in [0.2, 0.25) is 0 Å². The van der Waals surface area contributed by atoms with Gasteiger partial charge in [0, 0.05) is 5.92 Å². The predicted octanol–water partition coefficient (Wildman–Crippen LogP) is 0.572. The first-order valence-electron chi connectivity index (χ1n) is 3.57. The van der Waals surface area contributed by atoms with Gasteiger partial charge in [0.2, 0.25) is 0 Å². The van der Waals surface area contributed by atoms with E-state index in [1.165, 1.54) is 6.33 Å². The molecule has 0 atom stereocenters. The number of nitrogens with zero attached hydrogens (tertiary/aromatic N) is 2. The number of Topliss-reactive ketones (excluding diaryl/α,β-unsaturated/α-hetero) is 1. The van der Waals surface area contributed by atoms with E-state index in [0.29, 0.717) is 12.2 Å². The average Bonchev–Trinajstić information content (AvgIpc) is 2.39. The van der Waals surface area contributed by atoms with Crippen LogP contribution >= 0.6 is 0 Å². The molecule has 11 heavy (non-hydrogen) atoms. The predicted molar refractivity (Wildman–Crippen MR) is 39.9 cm³/mol. The summed E-state index contributed by atoms with van der Waals surface area (Å²) in [7, 11) is 0. The molecule has 0 bridgehead atoms. The zero-order chi connectivity index (χ0) is 8.27. The summed E-state index contributed by atoms with van der Waals surface area (Å²) in [6.07, 6.45) is 1.76. The SMILES string of the molecule is CC(C)C(=O)Cc1ncn[nH]1. The molecule has 1 aromatic heterocycles. The van der Waals surface area contributed by atoms with E-state index in [9.17, 15) is 4.79 Å². The molecule has 0 saturated carbocycles. The Morgan fingerprint density at radius 3 is 2.91 bits per heavy atom. The lowest BCUT2D eigenvalue weighted by Gasteiger charge is -1.99. The Bertz CT molecular complexity index is 228. The summed E-state index contributed by atoms with van der Waals surface area (Å²) in [6, 6.07) is 0. The molecule has 1 heterocycles. The normalized spacial score (nSPS) is 10.5. The summed E-state index contributed by atoms with van der Waals surface area (Å²) in [5.74, 6) is 0.894. The van der Waals surface area contributed by atoms with Crippen molar-refractivity contribution < 1.29 is 4.79 Å². The Labute approximate surface area is 65.0 Å². The van der Waals surface area contributed by atoms with Gasteiger partial charge in [0.25, 0.3) is 0 Å². The summed E-state index contributed by atoms with van der Waals surface area (Å²) in [5.41, 5.74) is 0. The van der Waals surface area contributed by atoms with Gasteiger partial charge in [-0.3, -0.25) is 9.89 Å². The highest BCUT2D eigenvalue weighted by Crippen LogP contribution is 1.99. The molecule has 0 aliphatic carbocycles. The molecule has 0 aliphatic heterocycles. The molecule has 0 saturated heterocycles. The lowest BCUT2D eigenvalue weighted by molar-refractivity contribution is -0.121. The number of carbonyl (C=O) groups excluding carboxylic acids is 1. The van der Waals surface area contributed by atoms with E-state index in [2.05, 4.69) is 15.2 Å². The highest BCUT2D eigenvalue weighted by Gasteiger charge is 2.09. The standard InChI is InChI=1S/C7H11N3O/c1-5(2)6(11)3-7-8-4-9-10-7/h4-5H,3H2,1-2H3,(H,8,9,10). The fourth-order valence-corrected chi connectivity index (χ4v) is 0.685. The second-order valence-corrected chi connectivity index (χ2v) is 2.73. The van der Waals surface area contributed by atoms with E-state index in [4.69, 9.17) is 0 Å². The summed E-state index contributed by atoms with van der Waals surface area (Å²) in [4.78, 5) is 15.0. The van der Waals surface area contributed by atoms with Crippen molar-refractivity contribution in [2.45, 2.75) is 20.3 Å². The van der Waals surface area contributed by atoms with Crippen molar-refractivity contribution in [3.8, 4) is 0 Å². The zero-order valence-corrected chi connectivity index (χ0v) is 6.66. The van der Waals surface area contributed by atoms with Crippen LogP contribution in [-0.4, -0.2) is 21.0 Å². The summed E-state index contributed by atoms with van der Waals surface area (Å²) in [6.45, 7) is 3.75. The first-order valence-corrected chi connectivity index (χ1v) is 3.57. The van der Waals surface area contributed by atoms with E-state index in [0.717, 1.165) is 0 Å². The Kier molecular flexibility index (Phi) is 2.36. The summed E-state index contributed by atoms with van der Waals surface area (Å²) < 4.78 is 0. The van der Waals surface area contributed by atoms with E-state index >= 15 is 0 Å². The minimum atomic E-state index is 0.0695. The van der Waals surface area contributed by atoms with Crippen LogP contribution < -0.4 is 0 Å². The number of hydrogen-bond donors (Lipinski definition) is 1. The maximum absolute atomic E-state index is 11.1. The van der Waals surface area contributed by atoms with Gasteiger partial charge in [0.15, 0.2) is 0 Å². The Morgan fingerprint density at radius 1 is 1.73 bits per heavy atom. The fraction of sp³-hybridized carbons (Fsp3) is 0.571. The van der Waals surface area contributed by atoms with Crippen LogP contribution in [0, 0.1) is 5.92 Å². The smallest absolute Gasteiger partial charge is 0.142 e. The minimum Gasteiger partial charge on any atom is -0.299 e. The molecular formula is C7H11N3O. The molecule has 60 valence electrons. The molecule has 4 heteroatoms. The minimum absolute atomic E-state index is 0.0695. The highest BCUT2D eigenvalue weighted by atomic mass is 16.1. The third-order valence-corrected chi connectivity index (χ3v) is 1.45. The molecule has 1 N–H and O–H groups in total. The van der Waals surface area contributed by atoms with Crippen LogP contribution in [0.4, 0.5) is 0 Å². The van der Waals surface area contributed by atoms with Crippen molar-refractivity contribution in [1.29, 1.82) is 0 Å². The van der Waals surface area contributed by atoms with Crippen LogP contribution in [0.5, 0.6) is 0 Å². The van der Waals surface area contributed by atoms with Gasteiger partial charge in [-0.15, -0.1) is 0 Å². The molecule has 0 aliphatic rings. The molecule has 0 radical (unpaired) electrons. The third kappa shape index (κ3) is 2.14. The topological polar surface area (TPSA) is 58.6 Å². The molecule has 1 aromatic rings. The van der Waals surface area contributed by atoms with Crippen LogP contribution in [0.1, 0.15) is 19.7 Å². The van der Waals surface area contributed by atoms with E-state index in [1.807, 2.05) is 13.8 Å². The Hall–Kier alpha value is -1.19. The van der Waals surface area contributed by atoms with Crippen molar-refractivity contribution in [3.63, 3.8) is 0 Å². The lowest BCUT2D eigenvalue weighted by Crippen LogP contribution is -2.11. The number of aromatic nitrogens is 3. The second-order valence-electron chi connectivity index (χ2n) is 2.73. The first kappa shape index (κ1) is 7.91. The van der Waals surface area contributed by atoms with Crippen LogP contribution in [0.3, 0.4) is 0 Å². The van der Waals surface area contributed by atoms with Crippen molar-refractivity contribution >= 4 is 5.78 Å². The number of aromatic amines is 1. The number of nitrogens with one attached hydrogen (secondary N) is 1. The van der Waals surface area contributed by atoms with Crippen LogP contribution in [-0.2, 0) is 11.2 Å². The second kappa shape index (κ2) is 3.27. The van der Waals surface area contributed by atoms with Gasteiger partial charge in [-0.05, 0) is 0 Å². The number of hydrogen-bond acceptors (Lipinski definition) is 3. The van der Waals surface area contributed by atoms with Crippen LogP contribution in [0.15, 0.2) is 6.33 Å². The number of ketones is 1. The van der Waals surface area contributed by atoms with E-state index in [1.54, 1.807) is 0 Å². The maximum Gasteiger partial charge on any atom is 0.142 e. The van der Waals surface area contributed by atoms with Gasteiger partial charge in [-0.1, -0.05) is 13.8 Å². The van der Waals surface area contributed by atoms with Gasteiger partial charge in [0.1, 0.15) is 17.9 Å². The monoisotopic (exact) mass is 153 g/mol. The fourth-order valence-electron chi connectivity index (χ4n) is 0.685. The Morgan fingerprint density at radius 2 is 2.45 bits per heavy atom. The Balaban J connectivity index is 2.50. The zero-order valence-electron chi connectivity index (χ0n) is 6.66. The largest absolute Gasteiger partial charge is 0.299 e. The van der Waals surface area contributed by atoms with Gasteiger partial charge in [0.05, 0.1) is 6.42 Å². The van der Waals surface area contributed by atoms with Crippen molar-refractivity contribution in [2.75, 3.05) is 0 Å². The molecule has 0 fully saturated rings. The van der Waals surface area contributed by atoms with Gasteiger partial charge in [-0.2, -0.15) is 5.10 Å². The molecule has 0 spiro atoms. The molecule has 0 amide bonds. The molecule has 1 rings (SSSR count). The quantitative estimate of drug-likeness (QED) is 0.690. The lowest BCUT2D eigenvalue weighted by atomic mass is 10.1. The van der Waals surface area contributed by atoms with Crippen molar-refractivity contribution in [2.24, 2.45) is 5.92 Å². The van der Waals surface area contributed by atoms with E-state index < -0.39 is 0 Å². The van der Waals surface area contributed by atoms with Gasteiger partial charge >= 0.3 is 0 Å². The van der Waals surface area contributed by atoms with Gasteiger partial charge < -0.3 is 0 Å². The molecular weight excluding hydrogens is 142 g/mol. The maximum atomic E-state index is 11.1. The molecule has 0 aromatic carbocycles. The van der Waals surface area contributed by atoms with Crippen molar-refractivity contribution in [1.82, 2.24) is 15.2 Å². The highest BCUT2D eigenvalue weighted by molar-refractivity contribution is 5.81. The van der Waals surface area contributed by atoms with Gasteiger partial charge in [-0.25, -0.2) is 4.98 Å². The van der Waals surface area contributed by atoms with Crippen LogP contribution in [0.25, 0.3) is 0 Å². The first-order chi connectivity index (χ1) is 5.20. The van der Waals surface area contributed by atoms with Crippen molar-refractivity contribution in [3.05, 3.63) is 12.2 Å². The number of H-pyrrole nitrogens is 1. The third-order valence-electron chi connectivity index (χ3n) is 1.45. The average molecular weight is 153 g/mol.